The number of hydrogen-bond donors (Lipinski definition) is 1. The molecular weight excluding hydrogens is 299 g/mol. The Labute approximate surface area is 126 Å². The van der Waals surface area contributed by atoms with Crippen molar-refractivity contribution < 1.29 is 27.8 Å². The van der Waals surface area contributed by atoms with Crippen LogP contribution in [0.3, 0.4) is 0 Å². The Morgan fingerprint density at radius 2 is 2.09 bits per heavy atom. The number of amides is 1. The van der Waals surface area contributed by atoms with Gasteiger partial charge >= 0.3 is 6.36 Å². The van der Waals surface area contributed by atoms with Gasteiger partial charge in [0.2, 0.25) is 5.91 Å². The standard InChI is InChI=1S/C15H18F3NO3/c1-2-19(7-8-20)14(21)12-9-11(12)10-5-3-4-6-13(10)22-15(16,17)18/h3-6,11-12,20H,2,7-9H2,1H3. The molecule has 0 aliphatic heterocycles. The molecule has 2 unspecified atom stereocenters. The SMILES string of the molecule is CCN(CCO)C(=O)C1CC1c1ccccc1OC(F)(F)F. The van der Waals surface area contributed by atoms with Gasteiger partial charge in [-0.05, 0) is 30.9 Å². The lowest BCUT2D eigenvalue weighted by Crippen LogP contribution is -2.34. The van der Waals surface area contributed by atoms with Crippen LogP contribution in [0.4, 0.5) is 13.2 Å². The molecule has 1 aromatic carbocycles. The highest BCUT2D eigenvalue weighted by Gasteiger charge is 2.47. The molecule has 1 aliphatic rings. The molecule has 0 spiro atoms. The van der Waals surface area contributed by atoms with Crippen LogP contribution in [0.2, 0.25) is 0 Å². The van der Waals surface area contributed by atoms with Crippen molar-refractivity contribution in [3.8, 4) is 5.75 Å². The number of para-hydroxylation sites is 1. The Morgan fingerprint density at radius 3 is 2.68 bits per heavy atom. The Bertz CT molecular complexity index is 533. The molecule has 0 bridgehead atoms. The van der Waals surface area contributed by atoms with Crippen LogP contribution in [0.25, 0.3) is 0 Å². The van der Waals surface area contributed by atoms with Crippen LogP contribution in [0.1, 0.15) is 24.8 Å². The lowest BCUT2D eigenvalue weighted by molar-refractivity contribution is -0.274. The second-order valence-corrected chi connectivity index (χ2v) is 5.18. The molecule has 1 saturated carbocycles. The summed E-state index contributed by atoms with van der Waals surface area (Å²) in [7, 11) is 0. The number of alkyl halides is 3. The number of hydrogen-bond acceptors (Lipinski definition) is 3. The van der Waals surface area contributed by atoms with Gasteiger partial charge in [-0.25, -0.2) is 0 Å². The molecule has 1 N–H and O–H groups in total. The summed E-state index contributed by atoms with van der Waals surface area (Å²) in [6.45, 7) is 2.36. The minimum atomic E-state index is -4.75. The highest BCUT2D eigenvalue weighted by atomic mass is 19.4. The van der Waals surface area contributed by atoms with E-state index in [9.17, 15) is 18.0 Å². The maximum Gasteiger partial charge on any atom is 0.573 e. The van der Waals surface area contributed by atoms with Crippen molar-refractivity contribution in [1.82, 2.24) is 4.90 Å². The van der Waals surface area contributed by atoms with E-state index in [4.69, 9.17) is 5.11 Å². The van der Waals surface area contributed by atoms with Crippen LogP contribution in [-0.4, -0.2) is 42.0 Å². The predicted octanol–water partition coefficient (Wildman–Crippen LogP) is 2.53. The molecule has 1 amide bonds. The molecule has 1 aromatic rings. The van der Waals surface area contributed by atoms with E-state index < -0.39 is 6.36 Å². The van der Waals surface area contributed by atoms with Crippen molar-refractivity contribution >= 4 is 5.91 Å². The van der Waals surface area contributed by atoms with Gasteiger partial charge < -0.3 is 14.7 Å². The van der Waals surface area contributed by atoms with Crippen molar-refractivity contribution in [2.45, 2.75) is 25.6 Å². The average Bonchev–Trinajstić information content (AvgIpc) is 3.23. The highest BCUT2D eigenvalue weighted by Crippen LogP contribution is 2.51. The number of likely N-dealkylation sites (N-methyl/N-ethyl adjacent to an activating group) is 1. The number of benzene rings is 1. The second kappa shape index (κ2) is 6.56. The zero-order valence-corrected chi connectivity index (χ0v) is 12.1. The summed E-state index contributed by atoms with van der Waals surface area (Å²) in [5.74, 6) is -0.993. The third-order valence-corrected chi connectivity index (χ3v) is 3.72. The summed E-state index contributed by atoms with van der Waals surface area (Å²) in [6.07, 6.45) is -4.25. The van der Waals surface area contributed by atoms with E-state index in [2.05, 4.69) is 4.74 Å². The molecule has 22 heavy (non-hydrogen) atoms. The quantitative estimate of drug-likeness (QED) is 0.877. The number of aliphatic hydroxyl groups is 1. The lowest BCUT2D eigenvalue weighted by atomic mass is 10.1. The first-order valence-corrected chi connectivity index (χ1v) is 7.11. The summed E-state index contributed by atoms with van der Waals surface area (Å²) in [5.41, 5.74) is 0.401. The van der Waals surface area contributed by atoms with E-state index in [0.29, 0.717) is 18.5 Å². The monoisotopic (exact) mass is 317 g/mol. The normalized spacial score (nSPS) is 20.6. The molecule has 0 heterocycles. The number of rotatable bonds is 6. The maximum atomic E-state index is 12.4. The molecule has 0 radical (unpaired) electrons. The summed E-state index contributed by atoms with van der Waals surface area (Å²) in [4.78, 5) is 13.8. The van der Waals surface area contributed by atoms with Gasteiger partial charge in [-0.3, -0.25) is 4.79 Å². The van der Waals surface area contributed by atoms with Crippen molar-refractivity contribution in [2.24, 2.45) is 5.92 Å². The summed E-state index contributed by atoms with van der Waals surface area (Å²) in [6, 6.07) is 5.91. The highest BCUT2D eigenvalue weighted by molar-refractivity contribution is 5.83. The summed E-state index contributed by atoms with van der Waals surface area (Å²) >= 11 is 0. The predicted molar refractivity (Wildman–Crippen MR) is 73.3 cm³/mol. The molecular formula is C15H18F3NO3. The molecule has 2 rings (SSSR count). The molecule has 122 valence electrons. The molecule has 7 heteroatoms. The fourth-order valence-corrected chi connectivity index (χ4v) is 2.60. The van der Waals surface area contributed by atoms with E-state index in [1.54, 1.807) is 19.1 Å². The topological polar surface area (TPSA) is 49.8 Å². The number of halogens is 3. The van der Waals surface area contributed by atoms with Gasteiger partial charge in [0.1, 0.15) is 5.75 Å². The molecule has 2 atom stereocenters. The van der Waals surface area contributed by atoms with Gasteiger partial charge in [-0.1, -0.05) is 18.2 Å². The Hall–Kier alpha value is -1.76. The van der Waals surface area contributed by atoms with E-state index in [1.807, 2.05) is 0 Å². The first-order valence-electron chi connectivity index (χ1n) is 7.11. The van der Waals surface area contributed by atoms with E-state index in [1.165, 1.54) is 17.0 Å². The summed E-state index contributed by atoms with van der Waals surface area (Å²) < 4.78 is 41.3. The molecule has 0 saturated heterocycles. The molecule has 0 aromatic heterocycles. The second-order valence-electron chi connectivity index (χ2n) is 5.18. The Balaban J connectivity index is 2.10. The third-order valence-electron chi connectivity index (χ3n) is 3.72. The van der Waals surface area contributed by atoms with Crippen LogP contribution in [0, 0.1) is 5.92 Å². The number of carbonyl (C=O) groups is 1. The van der Waals surface area contributed by atoms with Crippen molar-refractivity contribution in [3.05, 3.63) is 29.8 Å². The van der Waals surface area contributed by atoms with E-state index in [-0.39, 0.29) is 36.6 Å². The Kier molecular flexibility index (Phi) is 4.95. The molecule has 4 nitrogen and oxygen atoms in total. The van der Waals surface area contributed by atoms with Gasteiger partial charge in [0.15, 0.2) is 0 Å². The van der Waals surface area contributed by atoms with Crippen molar-refractivity contribution in [2.75, 3.05) is 19.7 Å². The third kappa shape index (κ3) is 3.91. The number of ether oxygens (including phenoxy) is 1. The smallest absolute Gasteiger partial charge is 0.405 e. The molecule has 1 fully saturated rings. The maximum absolute atomic E-state index is 12.4. The van der Waals surface area contributed by atoms with E-state index in [0.717, 1.165) is 0 Å². The van der Waals surface area contributed by atoms with E-state index >= 15 is 0 Å². The number of nitrogens with zero attached hydrogens (tertiary/aromatic N) is 1. The van der Waals surface area contributed by atoms with Crippen LogP contribution in [0.5, 0.6) is 5.75 Å². The van der Waals surface area contributed by atoms with Gasteiger partial charge in [0.05, 0.1) is 6.61 Å². The van der Waals surface area contributed by atoms with Crippen molar-refractivity contribution in [3.63, 3.8) is 0 Å². The number of carbonyl (C=O) groups excluding carboxylic acids is 1. The fourth-order valence-electron chi connectivity index (χ4n) is 2.60. The van der Waals surface area contributed by atoms with Crippen molar-refractivity contribution in [1.29, 1.82) is 0 Å². The van der Waals surface area contributed by atoms with Crippen LogP contribution < -0.4 is 4.74 Å². The summed E-state index contributed by atoms with van der Waals surface area (Å²) in [5, 5.41) is 8.93. The molecule has 1 aliphatic carbocycles. The fraction of sp³-hybridized carbons (Fsp3) is 0.533. The van der Waals surface area contributed by atoms with Crippen LogP contribution in [-0.2, 0) is 4.79 Å². The minimum absolute atomic E-state index is 0.134. The largest absolute Gasteiger partial charge is 0.573 e. The Morgan fingerprint density at radius 1 is 1.41 bits per heavy atom. The zero-order valence-electron chi connectivity index (χ0n) is 12.1. The number of aliphatic hydroxyl groups excluding tert-OH is 1. The minimum Gasteiger partial charge on any atom is -0.405 e. The first-order chi connectivity index (χ1) is 10.4. The first kappa shape index (κ1) is 16.6. The van der Waals surface area contributed by atoms with Crippen LogP contribution in [0.15, 0.2) is 24.3 Å². The zero-order chi connectivity index (χ0) is 16.3. The van der Waals surface area contributed by atoms with Gasteiger partial charge in [0.25, 0.3) is 0 Å². The van der Waals surface area contributed by atoms with Gasteiger partial charge in [0, 0.05) is 19.0 Å². The van der Waals surface area contributed by atoms with Gasteiger partial charge in [-0.2, -0.15) is 0 Å². The average molecular weight is 317 g/mol. The lowest BCUT2D eigenvalue weighted by Gasteiger charge is -2.20. The van der Waals surface area contributed by atoms with Crippen LogP contribution >= 0.6 is 0 Å². The van der Waals surface area contributed by atoms with Gasteiger partial charge in [-0.15, -0.1) is 13.2 Å².